The van der Waals surface area contributed by atoms with Gasteiger partial charge in [0.05, 0.1) is 17.3 Å². The van der Waals surface area contributed by atoms with Crippen LogP contribution in [0.1, 0.15) is 46.7 Å². The molecule has 0 aliphatic carbocycles. The topological polar surface area (TPSA) is 71.3 Å². The lowest BCUT2D eigenvalue weighted by Crippen LogP contribution is -2.46. The first kappa shape index (κ1) is 22.6. The summed E-state index contributed by atoms with van der Waals surface area (Å²) in [6.07, 6.45) is 0. The molecule has 5 rings (SSSR count). The highest BCUT2D eigenvalue weighted by atomic mass is 16.5. The number of nitrogens with zero attached hydrogens (tertiary/aromatic N) is 3. The van der Waals surface area contributed by atoms with E-state index in [0.717, 1.165) is 44.8 Å². The number of allylic oxidation sites excluding steroid dienone is 1. The van der Waals surface area contributed by atoms with Gasteiger partial charge in [-0.25, -0.2) is 4.79 Å². The molecule has 1 N–H and O–H groups in total. The van der Waals surface area contributed by atoms with Gasteiger partial charge in [0.15, 0.2) is 0 Å². The quantitative estimate of drug-likeness (QED) is 0.366. The zero-order valence-corrected chi connectivity index (χ0v) is 20.6. The van der Waals surface area contributed by atoms with E-state index in [-0.39, 0.29) is 6.03 Å². The second-order valence-electron chi connectivity index (χ2n) is 9.19. The molecule has 0 radical (unpaired) electrons. The van der Waals surface area contributed by atoms with Gasteiger partial charge in [-0.1, -0.05) is 70.9 Å². The van der Waals surface area contributed by atoms with Crippen LogP contribution in [0.5, 0.6) is 0 Å². The Bertz CT molecular complexity index is 1430. The fraction of sp³-hybridized carbons (Fsp3) is 0.207. The van der Waals surface area contributed by atoms with Gasteiger partial charge in [-0.15, -0.1) is 0 Å². The fourth-order valence-electron chi connectivity index (χ4n) is 4.37. The van der Waals surface area contributed by atoms with Crippen LogP contribution in [0.2, 0.25) is 0 Å². The Kier molecular flexibility index (Phi) is 5.73. The number of hydrogen-bond donors (Lipinski definition) is 1. The summed E-state index contributed by atoms with van der Waals surface area (Å²) in [5, 5.41) is 7.44. The molecule has 1 atom stereocenters. The number of aryl methyl sites for hydroxylation is 4. The van der Waals surface area contributed by atoms with Crippen molar-refractivity contribution >= 4 is 17.3 Å². The van der Waals surface area contributed by atoms with E-state index in [1.165, 1.54) is 5.56 Å². The van der Waals surface area contributed by atoms with Crippen LogP contribution in [-0.2, 0) is 0 Å². The molecule has 1 aromatic heterocycles. The average Bonchev–Trinajstić information content (AvgIpc) is 3.32. The lowest BCUT2D eigenvalue weighted by Gasteiger charge is -2.35. The Morgan fingerprint density at radius 2 is 1.49 bits per heavy atom. The van der Waals surface area contributed by atoms with E-state index in [4.69, 9.17) is 9.51 Å². The zero-order chi connectivity index (χ0) is 24.7. The largest absolute Gasteiger partial charge is 0.334 e. The monoisotopic (exact) mass is 464 g/mol. The standard InChI is InChI=1S/C29H28N4O2/c1-17-6-11-22(12-7-17)27-31-28(35-32-27)25-21(5)33(24-14-8-18(2)9-15-24)29(34)30-26(25)23-13-10-19(3)20(4)16-23/h6-16,26H,1-5H3,(H,30,34). The molecule has 0 spiro atoms. The number of benzene rings is 3. The van der Waals surface area contributed by atoms with E-state index >= 15 is 0 Å². The van der Waals surface area contributed by atoms with Crippen LogP contribution in [0, 0.1) is 27.7 Å². The maximum absolute atomic E-state index is 13.4. The lowest BCUT2D eigenvalue weighted by molar-refractivity contribution is 0.244. The maximum atomic E-state index is 13.4. The average molecular weight is 465 g/mol. The van der Waals surface area contributed by atoms with Gasteiger partial charge in [-0.3, -0.25) is 4.90 Å². The van der Waals surface area contributed by atoms with Gasteiger partial charge < -0.3 is 9.84 Å². The van der Waals surface area contributed by atoms with E-state index in [0.29, 0.717) is 11.7 Å². The molecule has 0 bridgehead atoms. The van der Waals surface area contributed by atoms with Gasteiger partial charge >= 0.3 is 6.03 Å². The van der Waals surface area contributed by atoms with E-state index < -0.39 is 6.04 Å². The highest BCUT2D eigenvalue weighted by Gasteiger charge is 2.36. The summed E-state index contributed by atoms with van der Waals surface area (Å²) < 4.78 is 5.81. The first-order valence-electron chi connectivity index (χ1n) is 11.7. The SMILES string of the molecule is CC1=C(c2nc(-c3ccc(C)cc3)no2)C(c2ccc(C)c(C)c2)NC(=O)N1c1ccc(C)cc1. The molecule has 2 heterocycles. The molecule has 35 heavy (non-hydrogen) atoms. The smallest absolute Gasteiger partial charge is 0.326 e. The summed E-state index contributed by atoms with van der Waals surface area (Å²) in [7, 11) is 0. The van der Waals surface area contributed by atoms with Crippen molar-refractivity contribution in [2.75, 3.05) is 4.90 Å². The van der Waals surface area contributed by atoms with Crippen molar-refractivity contribution in [2.24, 2.45) is 0 Å². The van der Waals surface area contributed by atoms with Crippen molar-refractivity contribution in [1.82, 2.24) is 15.5 Å². The molecule has 3 aromatic carbocycles. The Hall–Kier alpha value is -4.19. The number of urea groups is 1. The van der Waals surface area contributed by atoms with Crippen LogP contribution < -0.4 is 10.2 Å². The summed E-state index contributed by atoms with van der Waals surface area (Å²) in [6.45, 7) is 10.1. The molecule has 4 aromatic rings. The number of rotatable bonds is 4. The van der Waals surface area contributed by atoms with Gasteiger partial charge in [0.1, 0.15) is 0 Å². The number of aromatic nitrogens is 2. The van der Waals surface area contributed by atoms with Crippen LogP contribution in [0.4, 0.5) is 10.5 Å². The molecule has 6 nitrogen and oxygen atoms in total. The third kappa shape index (κ3) is 4.23. The molecule has 2 amide bonds. The first-order chi connectivity index (χ1) is 16.8. The Balaban J connectivity index is 1.66. The number of nitrogens with one attached hydrogen (secondary N) is 1. The molecule has 1 aliphatic rings. The summed E-state index contributed by atoms with van der Waals surface area (Å²) in [5.41, 5.74) is 8.78. The second kappa shape index (κ2) is 8.87. The van der Waals surface area contributed by atoms with Crippen LogP contribution in [0.25, 0.3) is 17.0 Å². The lowest BCUT2D eigenvalue weighted by atomic mass is 9.92. The van der Waals surface area contributed by atoms with Crippen molar-refractivity contribution < 1.29 is 9.32 Å². The highest BCUT2D eigenvalue weighted by molar-refractivity contribution is 6.01. The molecular weight excluding hydrogens is 436 g/mol. The maximum Gasteiger partial charge on any atom is 0.326 e. The normalized spacial score (nSPS) is 16.0. The molecule has 176 valence electrons. The van der Waals surface area contributed by atoms with E-state index in [1.807, 2.05) is 75.4 Å². The number of anilines is 1. The summed E-state index contributed by atoms with van der Waals surface area (Å²) in [4.78, 5) is 19.8. The molecule has 0 saturated carbocycles. The van der Waals surface area contributed by atoms with Gasteiger partial charge in [-0.2, -0.15) is 4.98 Å². The number of amides is 2. The number of carbonyl (C=O) groups is 1. The van der Waals surface area contributed by atoms with Crippen molar-refractivity contribution in [3.8, 4) is 11.4 Å². The predicted molar refractivity (Wildman–Crippen MR) is 138 cm³/mol. The summed E-state index contributed by atoms with van der Waals surface area (Å²) >= 11 is 0. The van der Waals surface area contributed by atoms with E-state index in [9.17, 15) is 4.79 Å². The minimum atomic E-state index is -0.421. The Morgan fingerprint density at radius 1 is 0.829 bits per heavy atom. The minimum Gasteiger partial charge on any atom is -0.334 e. The van der Waals surface area contributed by atoms with E-state index in [2.05, 4.69) is 36.5 Å². The van der Waals surface area contributed by atoms with Crippen molar-refractivity contribution in [3.63, 3.8) is 0 Å². The van der Waals surface area contributed by atoms with Crippen LogP contribution in [0.3, 0.4) is 0 Å². The Labute approximate surface area is 205 Å². The molecular formula is C29H28N4O2. The number of carbonyl (C=O) groups excluding carboxylic acids is 1. The molecule has 0 fully saturated rings. The fourth-order valence-corrected chi connectivity index (χ4v) is 4.37. The second-order valence-corrected chi connectivity index (χ2v) is 9.19. The third-order valence-corrected chi connectivity index (χ3v) is 6.61. The van der Waals surface area contributed by atoms with Crippen molar-refractivity contribution in [1.29, 1.82) is 0 Å². The minimum absolute atomic E-state index is 0.198. The third-order valence-electron chi connectivity index (χ3n) is 6.61. The molecule has 1 unspecified atom stereocenters. The summed E-state index contributed by atoms with van der Waals surface area (Å²) in [6, 6.07) is 21.5. The molecule has 6 heteroatoms. The predicted octanol–water partition coefficient (Wildman–Crippen LogP) is 6.67. The Morgan fingerprint density at radius 3 is 2.14 bits per heavy atom. The van der Waals surface area contributed by atoms with Gasteiger partial charge in [0.2, 0.25) is 5.82 Å². The number of hydrogen-bond acceptors (Lipinski definition) is 4. The van der Waals surface area contributed by atoms with Crippen molar-refractivity contribution in [2.45, 2.75) is 40.7 Å². The van der Waals surface area contributed by atoms with Crippen molar-refractivity contribution in [3.05, 3.63) is 106 Å². The van der Waals surface area contributed by atoms with Gasteiger partial charge in [-0.05, 0) is 63.4 Å². The molecule has 1 aliphatic heterocycles. The van der Waals surface area contributed by atoms with E-state index in [1.54, 1.807) is 4.90 Å². The summed E-state index contributed by atoms with van der Waals surface area (Å²) in [5.74, 6) is 0.899. The highest BCUT2D eigenvalue weighted by Crippen LogP contribution is 2.39. The van der Waals surface area contributed by atoms with Crippen LogP contribution in [-0.4, -0.2) is 16.2 Å². The zero-order valence-electron chi connectivity index (χ0n) is 20.6. The molecule has 0 saturated heterocycles. The first-order valence-corrected chi connectivity index (χ1v) is 11.7. The van der Waals surface area contributed by atoms with Crippen LogP contribution in [0.15, 0.2) is 77.0 Å². The van der Waals surface area contributed by atoms with Crippen LogP contribution >= 0.6 is 0 Å². The van der Waals surface area contributed by atoms with Gasteiger partial charge in [0.25, 0.3) is 5.89 Å². The van der Waals surface area contributed by atoms with Gasteiger partial charge in [0, 0.05) is 11.3 Å².